The number of amides is 1. The second kappa shape index (κ2) is 16.9. The SMILES string of the molecule is CO[C@H]1C(=O)[C@]2(C)[C@@H](OC)C[C@H]3OC[C@@]3(OC(C)=O)[C@H]2C[C@H](OC(=O)c2ccccc2)[C@]2(O)C[C@H](OC(=O)[C@H](O)C(NC(=O)OC(C)(C)C)c3ccccc3)C(C)=C1C2(C)C. The van der Waals surface area contributed by atoms with E-state index in [0.29, 0.717) is 11.1 Å². The van der Waals surface area contributed by atoms with Crippen LogP contribution < -0.4 is 5.32 Å². The summed E-state index contributed by atoms with van der Waals surface area (Å²) in [6.45, 7) is 13.0. The molecule has 1 aliphatic heterocycles. The normalized spacial score (nSPS) is 32.8. The van der Waals surface area contributed by atoms with Crippen LogP contribution in [0.4, 0.5) is 4.79 Å². The number of esters is 3. The van der Waals surface area contributed by atoms with Gasteiger partial charge in [-0.2, -0.15) is 0 Å². The van der Waals surface area contributed by atoms with Gasteiger partial charge >= 0.3 is 24.0 Å². The molecule has 15 nitrogen and oxygen atoms in total. The van der Waals surface area contributed by atoms with Gasteiger partial charge in [-0.25, -0.2) is 14.4 Å². The fourth-order valence-electron chi connectivity index (χ4n) is 10.2. The van der Waals surface area contributed by atoms with Crippen molar-refractivity contribution in [2.75, 3.05) is 20.8 Å². The van der Waals surface area contributed by atoms with Crippen LogP contribution in [-0.4, -0.2) is 114 Å². The molecule has 2 saturated carbocycles. The molecule has 15 heteroatoms. The van der Waals surface area contributed by atoms with Gasteiger partial charge in [0.25, 0.3) is 0 Å². The van der Waals surface area contributed by atoms with Crippen LogP contribution in [0.15, 0.2) is 71.8 Å². The van der Waals surface area contributed by atoms with E-state index in [1.807, 2.05) is 0 Å². The van der Waals surface area contributed by atoms with E-state index in [1.54, 1.807) is 109 Å². The van der Waals surface area contributed by atoms with Crippen LogP contribution in [0, 0.1) is 16.7 Å². The largest absolute Gasteiger partial charge is 0.456 e. The maximum atomic E-state index is 15.6. The lowest BCUT2D eigenvalue weighted by Crippen LogP contribution is -2.76. The molecule has 61 heavy (non-hydrogen) atoms. The van der Waals surface area contributed by atoms with Gasteiger partial charge in [-0.1, -0.05) is 62.4 Å². The second-order valence-corrected chi connectivity index (χ2v) is 18.4. The van der Waals surface area contributed by atoms with Gasteiger partial charge in [-0.05, 0) is 69.9 Å². The fraction of sp³-hybridized carbons (Fsp3) is 0.587. The topological polar surface area (TPSA) is 202 Å². The summed E-state index contributed by atoms with van der Waals surface area (Å²) in [4.78, 5) is 69.9. The van der Waals surface area contributed by atoms with E-state index in [2.05, 4.69) is 5.32 Å². The van der Waals surface area contributed by atoms with Crippen LogP contribution in [0.25, 0.3) is 0 Å². The van der Waals surface area contributed by atoms with E-state index < -0.39 is 106 Å². The van der Waals surface area contributed by atoms with E-state index in [-0.39, 0.29) is 37.0 Å². The molecule has 0 aromatic heterocycles. The average molecular weight is 850 g/mol. The quantitative estimate of drug-likeness (QED) is 0.165. The van der Waals surface area contributed by atoms with Gasteiger partial charge in [0.15, 0.2) is 17.5 Å². The van der Waals surface area contributed by atoms with Gasteiger partial charge in [-0.3, -0.25) is 9.59 Å². The highest BCUT2D eigenvalue weighted by molar-refractivity contribution is 5.94. The fourth-order valence-corrected chi connectivity index (χ4v) is 10.2. The molecule has 0 spiro atoms. The van der Waals surface area contributed by atoms with Crippen molar-refractivity contribution < 1.29 is 67.3 Å². The molecule has 1 unspecified atom stereocenters. The molecule has 1 amide bonds. The summed E-state index contributed by atoms with van der Waals surface area (Å²) < 4.78 is 42.3. The molecule has 2 aromatic carbocycles. The van der Waals surface area contributed by atoms with Crippen LogP contribution >= 0.6 is 0 Å². The van der Waals surface area contributed by atoms with Crippen molar-refractivity contribution in [1.29, 1.82) is 0 Å². The van der Waals surface area contributed by atoms with Crippen LogP contribution in [0.3, 0.4) is 0 Å². The second-order valence-electron chi connectivity index (χ2n) is 18.4. The Hall–Kier alpha value is -4.67. The average Bonchev–Trinajstić information content (AvgIpc) is 3.20. The first-order valence-corrected chi connectivity index (χ1v) is 20.6. The zero-order valence-corrected chi connectivity index (χ0v) is 36.5. The van der Waals surface area contributed by atoms with Crippen molar-refractivity contribution in [2.45, 2.75) is 134 Å². The third-order valence-corrected chi connectivity index (χ3v) is 13.4. The third kappa shape index (κ3) is 8.11. The number of carbonyl (C=O) groups is 5. The molecule has 1 saturated heterocycles. The molecule has 6 rings (SSSR count). The number of aliphatic hydroxyl groups is 2. The molecule has 3 fully saturated rings. The molecule has 11 atom stereocenters. The molecular formula is C46H59NO14. The van der Waals surface area contributed by atoms with Crippen molar-refractivity contribution in [2.24, 2.45) is 16.7 Å². The number of rotatable bonds is 10. The zero-order valence-electron chi connectivity index (χ0n) is 36.5. The van der Waals surface area contributed by atoms with Crippen molar-refractivity contribution in [3.8, 4) is 0 Å². The number of alkyl carbamates (subject to hydrolysis) is 1. The van der Waals surface area contributed by atoms with E-state index in [1.165, 1.54) is 21.1 Å². The lowest BCUT2D eigenvalue weighted by atomic mass is 9.52. The van der Waals surface area contributed by atoms with Crippen LogP contribution in [0.1, 0.15) is 96.6 Å². The minimum Gasteiger partial charge on any atom is -0.456 e. The summed E-state index contributed by atoms with van der Waals surface area (Å²) in [5.74, 6) is -3.97. The molecule has 3 N–H and O–H groups in total. The van der Waals surface area contributed by atoms with Gasteiger partial charge < -0.3 is 48.7 Å². The summed E-state index contributed by atoms with van der Waals surface area (Å²) in [5, 5.41) is 27.8. The Morgan fingerprint density at radius 1 is 0.902 bits per heavy atom. The lowest BCUT2D eigenvalue weighted by molar-refractivity contribution is -0.324. The number of aliphatic hydroxyl groups excluding tert-OH is 1. The predicted molar refractivity (Wildman–Crippen MR) is 218 cm³/mol. The van der Waals surface area contributed by atoms with Crippen molar-refractivity contribution in [3.63, 3.8) is 0 Å². The Bertz CT molecular complexity index is 2030. The minimum atomic E-state index is -2.13. The van der Waals surface area contributed by atoms with E-state index in [9.17, 15) is 29.4 Å². The molecular weight excluding hydrogens is 790 g/mol. The molecule has 0 radical (unpaired) electrons. The van der Waals surface area contributed by atoms with Gasteiger partial charge in [0.1, 0.15) is 35.6 Å². The molecule has 1 heterocycles. The Morgan fingerprint density at radius 2 is 1.52 bits per heavy atom. The standard InChI is InChI=1S/C46H59NO14/c1-25-29(58-40(52)36(49)35(27-17-13-11-14-18-27)47-41(53)61-42(3,4)5)23-46(54)33(59-39(51)28-19-15-12-16-20-28)21-30-44(8,38(50)37(56-10)34(25)43(46,6)7)31(55-9)22-32-45(30,24-57-32)60-26(2)48/h11-20,29-33,35-37,49,54H,21-24H2,1-10H3,(H,47,53)/t29-,30-,31-,32+,33-,35?,36+,37+,44-,45+,46+/m0/s1. The summed E-state index contributed by atoms with van der Waals surface area (Å²) >= 11 is 0. The highest BCUT2D eigenvalue weighted by Gasteiger charge is 2.73. The first kappa shape index (κ1) is 45.8. The Kier molecular flexibility index (Phi) is 12.7. The summed E-state index contributed by atoms with van der Waals surface area (Å²) in [7, 11) is 2.83. The smallest absolute Gasteiger partial charge is 0.408 e. The summed E-state index contributed by atoms with van der Waals surface area (Å²) in [6, 6.07) is 15.2. The number of Topliss-reactive ketones (excluding diaryl/α,β-unsaturated/α-hetero) is 1. The van der Waals surface area contributed by atoms with E-state index in [0.717, 1.165) is 0 Å². The Morgan fingerprint density at radius 3 is 2.07 bits per heavy atom. The molecule has 3 aliphatic carbocycles. The summed E-state index contributed by atoms with van der Waals surface area (Å²) in [6.07, 6.45) is -8.97. The predicted octanol–water partition coefficient (Wildman–Crippen LogP) is 4.96. The molecule has 2 bridgehead atoms. The number of ketones is 1. The van der Waals surface area contributed by atoms with Crippen molar-refractivity contribution in [3.05, 3.63) is 82.9 Å². The number of ether oxygens (including phenoxy) is 7. The highest BCUT2D eigenvalue weighted by Crippen LogP contribution is 2.62. The van der Waals surface area contributed by atoms with Crippen LogP contribution in [0.5, 0.6) is 0 Å². The molecule has 2 aromatic rings. The van der Waals surface area contributed by atoms with Gasteiger partial charge in [0, 0.05) is 45.3 Å². The molecule has 4 aliphatic rings. The van der Waals surface area contributed by atoms with Gasteiger partial charge in [0.05, 0.1) is 29.7 Å². The van der Waals surface area contributed by atoms with Crippen molar-refractivity contribution >= 4 is 29.8 Å². The third-order valence-electron chi connectivity index (χ3n) is 13.4. The van der Waals surface area contributed by atoms with Crippen LogP contribution in [0.2, 0.25) is 0 Å². The molecule has 332 valence electrons. The monoisotopic (exact) mass is 849 g/mol. The number of nitrogens with one attached hydrogen (secondary N) is 1. The first-order valence-electron chi connectivity index (χ1n) is 20.6. The van der Waals surface area contributed by atoms with E-state index >= 15 is 4.79 Å². The first-order chi connectivity index (χ1) is 28.5. The number of benzene rings is 2. The zero-order chi connectivity index (χ0) is 44.9. The summed E-state index contributed by atoms with van der Waals surface area (Å²) in [5.41, 5.74) is -6.16. The number of fused-ring (bicyclic) bond motifs is 5. The number of carbonyl (C=O) groups excluding carboxylic acids is 5. The number of hydrogen-bond donors (Lipinski definition) is 3. The lowest BCUT2D eigenvalue weighted by Gasteiger charge is -2.63. The van der Waals surface area contributed by atoms with Gasteiger partial charge in [0.2, 0.25) is 0 Å². The number of methoxy groups -OCH3 is 2. The minimum absolute atomic E-state index is 0.0696. The Labute approximate surface area is 356 Å². The maximum Gasteiger partial charge on any atom is 0.408 e. The van der Waals surface area contributed by atoms with Crippen LogP contribution in [-0.2, 0) is 47.5 Å². The Balaban J connectivity index is 1.50. The van der Waals surface area contributed by atoms with E-state index in [4.69, 9.17) is 33.2 Å². The number of hydrogen-bond acceptors (Lipinski definition) is 14. The van der Waals surface area contributed by atoms with Gasteiger partial charge in [-0.15, -0.1) is 0 Å². The van der Waals surface area contributed by atoms with Crippen molar-refractivity contribution in [1.82, 2.24) is 5.32 Å². The maximum absolute atomic E-state index is 15.6. The highest BCUT2D eigenvalue weighted by atomic mass is 16.6.